The second kappa shape index (κ2) is 7.11. The number of carbonyl (C=O) groups is 1. The number of rotatable bonds is 6. The highest BCUT2D eigenvalue weighted by Gasteiger charge is 2.11. The molecule has 0 heterocycles. The van der Waals surface area contributed by atoms with E-state index in [-0.39, 0.29) is 17.8 Å². The molecule has 0 aliphatic rings. The van der Waals surface area contributed by atoms with Gasteiger partial charge in [-0.15, -0.1) is 0 Å². The van der Waals surface area contributed by atoms with E-state index < -0.39 is 0 Å². The van der Waals surface area contributed by atoms with Crippen LogP contribution in [0.5, 0.6) is 0 Å². The van der Waals surface area contributed by atoms with Crippen molar-refractivity contribution in [1.29, 1.82) is 0 Å². The summed E-state index contributed by atoms with van der Waals surface area (Å²) in [5.41, 5.74) is 1.90. The van der Waals surface area contributed by atoms with Gasteiger partial charge in [-0.25, -0.2) is 4.39 Å². The second-order valence-corrected chi connectivity index (χ2v) is 4.46. The Morgan fingerprint density at radius 2 is 2.17 bits per heavy atom. The van der Waals surface area contributed by atoms with Crippen LogP contribution < -0.4 is 10.6 Å². The normalized spacial score (nSPS) is 12.2. The summed E-state index contributed by atoms with van der Waals surface area (Å²) < 4.78 is 12.9. The molecule has 18 heavy (non-hydrogen) atoms. The third kappa shape index (κ3) is 4.45. The van der Waals surface area contributed by atoms with Crippen LogP contribution in [0.25, 0.3) is 0 Å². The van der Waals surface area contributed by atoms with Gasteiger partial charge in [0.1, 0.15) is 5.82 Å². The Hall–Kier alpha value is -1.42. The Morgan fingerprint density at radius 3 is 2.78 bits per heavy atom. The van der Waals surface area contributed by atoms with E-state index in [9.17, 15) is 9.18 Å². The molecule has 4 heteroatoms. The van der Waals surface area contributed by atoms with E-state index in [1.165, 1.54) is 12.1 Å². The summed E-state index contributed by atoms with van der Waals surface area (Å²) in [6.45, 7) is 6.96. The van der Waals surface area contributed by atoms with E-state index in [0.29, 0.717) is 13.1 Å². The first-order valence-corrected chi connectivity index (χ1v) is 6.30. The molecule has 0 radical (unpaired) electrons. The standard InChI is InChI=1S/C14H21FN2O/c1-4-7-16-14(18)11(3)17-9-12-5-6-13(15)8-10(12)2/h5-6,8,11,17H,4,7,9H2,1-3H3,(H,16,18). The third-order valence-electron chi connectivity index (χ3n) is 2.85. The third-order valence-corrected chi connectivity index (χ3v) is 2.85. The van der Waals surface area contributed by atoms with Gasteiger partial charge in [0.25, 0.3) is 0 Å². The molecule has 1 amide bonds. The molecular formula is C14H21FN2O. The molecule has 2 N–H and O–H groups in total. The van der Waals surface area contributed by atoms with Gasteiger partial charge in [-0.05, 0) is 43.5 Å². The molecule has 0 bridgehead atoms. The highest BCUT2D eigenvalue weighted by atomic mass is 19.1. The van der Waals surface area contributed by atoms with Crippen molar-refractivity contribution in [1.82, 2.24) is 10.6 Å². The maximum Gasteiger partial charge on any atom is 0.236 e. The summed E-state index contributed by atoms with van der Waals surface area (Å²) in [4.78, 5) is 11.6. The molecule has 3 nitrogen and oxygen atoms in total. The van der Waals surface area contributed by atoms with Gasteiger partial charge < -0.3 is 10.6 Å². The zero-order chi connectivity index (χ0) is 13.5. The van der Waals surface area contributed by atoms with Gasteiger partial charge in [-0.1, -0.05) is 13.0 Å². The van der Waals surface area contributed by atoms with E-state index in [2.05, 4.69) is 10.6 Å². The van der Waals surface area contributed by atoms with Crippen molar-refractivity contribution in [2.45, 2.75) is 39.8 Å². The summed E-state index contributed by atoms with van der Waals surface area (Å²) in [6.07, 6.45) is 0.926. The van der Waals surface area contributed by atoms with Gasteiger partial charge in [0.15, 0.2) is 0 Å². The minimum absolute atomic E-state index is 0.00313. The number of hydrogen-bond acceptors (Lipinski definition) is 2. The molecular weight excluding hydrogens is 231 g/mol. The summed E-state index contributed by atoms with van der Waals surface area (Å²) in [6, 6.07) is 4.43. The molecule has 0 aromatic heterocycles. The first kappa shape index (κ1) is 14.6. The lowest BCUT2D eigenvalue weighted by molar-refractivity contribution is -0.122. The number of hydrogen-bond donors (Lipinski definition) is 2. The van der Waals surface area contributed by atoms with Gasteiger partial charge in [-0.2, -0.15) is 0 Å². The Balaban J connectivity index is 2.46. The summed E-state index contributed by atoms with van der Waals surface area (Å²) in [5, 5.41) is 5.96. The lowest BCUT2D eigenvalue weighted by atomic mass is 10.1. The molecule has 0 aliphatic heterocycles. The lowest BCUT2D eigenvalue weighted by Gasteiger charge is -2.14. The molecule has 1 rings (SSSR count). The largest absolute Gasteiger partial charge is 0.355 e. The Morgan fingerprint density at radius 1 is 1.44 bits per heavy atom. The summed E-state index contributed by atoms with van der Waals surface area (Å²) in [7, 11) is 0. The number of halogens is 1. The van der Waals surface area contributed by atoms with Crippen molar-refractivity contribution in [2.24, 2.45) is 0 Å². The molecule has 0 fully saturated rings. The van der Waals surface area contributed by atoms with Crippen LogP contribution in [0.15, 0.2) is 18.2 Å². The quantitative estimate of drug-likeness (QED) is 0.814. The van der Waals surface area contributed by atoms with Crippen molar-refractivity contribution in [3.63, 3.8) is 0 Å². The number of nitrogens with one attached hydrogen (secondary N) is 2. The van der Waals surface area contributed by atoms with E-state index in [4.69, 9.17) is 0 Å². The number of benzene rings is 1. The first-order valence-electron chi connectivity index (χ1n) is 6.30. The monoisotopic (exact) mass is 252 g/mol. The van der Waals surface area contributed by atoms with Crippen LogP contribution in [-0.4, -0.2) is 18.5 Å². The Bertz CT molecular complexity index is 407. The predicted octanol–water partition coefficient (Wildman–Crippen LogP) is 2.14. The molecule has 100 valence electrons. The number of aryl methyl sites for hydroxylation is 1. The highest BCUT2D eigenvalue weighted by Crippen LogP contribution is 2.09. The average molecular weight is 252 g/mol. The number of carbonyl (C=O) groups excluding carboxylic acids is 1. The van der Waals surface area contributed by atoms with Crippen LogP contribution in [0.1, 0.15) is 31.4 Å². The van der Waals surface area contributed by atoms with Crippen LogP contribution in [0.2, 0.25) is 0 Å². The molecule has 1 aromatic carbocycles. The van der Waals surface area contributed by atoms with Gasteiger partial charge in [0.2, 0.25) is 5.91 Å². The minimum atomic E-state index is -0.249. The first-order chi connectivity index (χ1) is 8.54. The smallest absolute Gasteiger partial charge is 0.236 e. The maximum absolute atomic E-state index is 12.9. The molecule has 1 unspecified atom stereocenters. The van der Waals surface area contributed by atoms with E-state index in [1.807, 2.05) is 20.8 Å². The fourth-order valence-electron chi connectivity index (χ4n) is 1.61. The topological polar surface area (TPSA) is 41.1 Å². The lowest BCUT2D eigenvalue weighted by Crippen LogP contribution is -2.42. The van der Waals surface area contributed by atoms with Gasteiger partial charge in [0, 0.05) is 13.1 Å². The van der Waals surface area contributed by atoms with Crippen molar-refractivity contribution >= 4 is 5.91 Å². The summed E-state index contributed by atoms with van der Waals surface area (Å²) in [5.74, 6) is -0.235. The van der Waals surface area contributed by atoms with Gasteiger partial charge in [-0.3, -0.25) is 4.79 Å². The molecule has 0 saturated carbocycles. The van der Waals surface area contributed by atoms with Crippen molar-refractivity contribution < 1.29 is 9.18 Å². The van der Waals surface area contributed by atoms with Crippen molar-refractivity contribution in [2.75, 3.05) is 6.54 Å². The maximum atomic E-state index is 12.9. The SMILES string of the molecule is CCCNC(=O)C(C)NCc1ccc(F)cc1C. The van der Waals surface area contributed by atoms with Crippen LogP contribution >= 0.6 is 0 Å². The molecule has 1 aromatic rings. The molecule has 0 spiro atoms. The number of amides is 1. The zero-order valence-electron chi connectivity index (χ0n) is 11.2. The van der Waals surface area contributed by atoms with E-state index in [0.717, 1.165) is 17.5 Å². The second-order valence-electron chi connectivity index (χ2n) is 4.46. The van der Waals surface area contributed by atoms with E-state index >= 15 is 0 Å². The van der Waals surface area contributed by atoms with Crippen molar-refractivity contribution in [3.05, 3.63) is 35.1 Å². The fraction of sp³-hybridized carbons (Fsp3) is 0.500. The molecule has 0 saturated heterocycles. The van der Waals surface area contributed by atoms with Crippen LogP contribution in [0.3, 0.4) is 0 Å². The van der Waals surface area contributed by atoms with Gasteiger partial charge in [0.05, 0.1) is 6.04 Å². The predicted molar refractivity (Wildman–Crippen MR) is 70.7 cm³/mol. The highest BCUT2D eigenvalue weighted by molar-refractivity contribution is 5.81. The van der Waals surface area contributed by atoms with Crippen LogP contribution in [0.4, 0.5) is 4.39 Å². The van der Waals surface area contributed by atoms with Gasteiger partial charge >= 0.3 is 0 Å². The Labute approximate surface area is 108 Å². The minimum Gasteiger partial charge on any atom is -0.355 e. The zero-order valence-corrected chi connectivity index (χ0v) is 11.2. The molecule has 1 atom stereocenters. The van der Waals surface area contributed by atoms with Crippen LogP contribution in [0, 0.1) is 12.7 Å². The summed E-state index contributed by atoms with van der Waals surface area (Å²) >= 11 is 0. The Kier molecular flexibility index (Phi) is 5.78. The van der Waals surface area contributed by atoms with Crippen LogP contribution in [-0.2, 0) is 11.3 Å². The fourth-order valence-corrected chi connectivity index (χ4v) is 1.61. The average Bonchev–Trinajstić information content (AvgIpc) is 2.34. The molecule has 0 aliphatic carbocycles. The van der Waals surface area contributed by atoms with E-state index in [1.54, 1.807) is 6.07 Å². The van der Waals surface area contributed by atoms with Crippen molar-refractivity contribution in [3.8, 4) is 0 Å².